The zero-order valence-corrected chi connectivity index (χ0v) is 9.81. The van der Waals surface area contributed by atoms with Crippen molar-refractivity contribution in [3.8, 4) is 12.3 Å². The number of H-pyrrole nitrogens is 1. The fraction of sp³-hybridized carbons (Fsp3) is 0.214. The molecule has 3 N–H and O–H groups in total. The maximum absolute atomic E-state index is 11.1. The number of nitrogens with one attached hydrogen (secondary N) is 2. The van der Waals surface area contributed by atoms with Crippen molar-refractivity contribution >= 4 is 16.9 Å². The SMILES string of the molecule is C#CCN[C@@H](Cc1c[nH]c2ccccc12)C(=O)O. The molecule has 2 aromatic rings. The van der Waals surface area contributed by atoms with Crippen LogP contribution in [0.4, 0.5) is 0 Å². The van der Waals surface area contributed by atoms with E-state index in [9.17, 15) is 4.79 Å². The molecule has 0 saturated carbocycles. The lowest BCUT2D eigenvalue weighted by Crippen LogP contribution is -2.38. The van der Waals surface area contributed by atoms with Crippen molar-refractivity contribution in [2.75, 3.05) is 6.54 Å². The predicted octanol–water partition coefficient (Wildman–Crippen LogP) is 1.39. The predicted molar refractivity (Wildman–Crippen MR) is 70.3 cm³/mol. The number of carboxylic acid groups (broad SMARTS) is 1. The minimum Gasteiger partial charge on any atom is -0.480 e. The number of benzene rings is 1. The van der Waals surface area contributed by atoms with Crippen molar-refractivity contribution < 1.29 is 9.90 Å². The van der Waals surface area contributed by atoms with Crippen LogP contribution in [0.3, 0.4) is 0 Å². The number of rotatable bonds is 5. The quantitative estimate of drug-likeness (QED) is 0.694. The Hall–Kier alpha value is -2.25. The second kappa shape index (κ2) is 5.39. The molecule has 1 atom stereocenters. The molecule has 0 spiro atoms. The van der Waals surface area contributed by atoms with Crippen LogP contribution in [0.5, 0.6) is 0 Å². The number of aliphatic carboxylic acids is 1. The highest BCUT2D eigenvalue weighted by molar-refractivity contribution is 5.84. The summed E-state index contributed by atoms with van der Waals surface area (Å²) < 4.78 is 0. The number of fused-ring (bicyclic) bond motifs is 1. The van der Waals surface area contributed by atoms with Gasteiger partial charge in [0, 0.05) is 23.5 Å². The first-order chi connectivity index (χ1) is 8.72. The Morgan fingerprint density at radius 3 is 3.00 bits per heavy atom. The molecule has 0 aliphatic heterocycles. The van der Waals surface area contributed by atoms with Gasteiger partial charge in [0.05, 0.1) is 6.54 Å². The zero-order chi connectivity index (χ0) is 13.0. The van der Waals surface area contributed by atoms with Crippen LogP contribution in [0.15, 0.2) is 30.5 Å². The van der Waals surface area contributed by atoms with Gasteiger partial charge in [0.2, 0.25) is 0 Å². The van der Waals surface area contributed by atoms with Crippen molar-refractivity contribution in [3.05, 3.63) is 36.0 Å². The van der Waals surface area contributed by atoms with Crippen molar-refractivity contribution in [1.82, 2.24) is 10.3 Å². The third-order valence-corrected chi connectivity index (χ3v) is 2.85. The Morgan fingerprint density at radius 2 is 2.28 bits per heavy atom. The van der Waals surface area contributed by atoms with Gasteiger partial charge in [-0.15, -0.1) is 6.42 Å². The average molecular weight is 242 g/mol. The average Bonchev–Trinajstić information content (AvgIpc) is 2.77. The first kappa shape index (κ1) is 12.2. The summed E-state index contributed by atoms with van der Waals surface area (Å²) in [5, 5.41) is 13.0. The van der Waals surface area contributed by atoms with Crippen LogP contribution in [-0.2, 0) is 11.2 Å². The van der Waals surface area contributed by atoms with Crippen LogP contribution >= 0.6 is 0 Å². The lowest BCUT2D eigenvalue weighted by molar-refractivity contribution is -0.139. The maximum atomic E-state index is 11.1. The molecule has 2 rings (SSSR count). The maximum Gasteiger partial charge on any atom is 0.321 e. The van der Waals surface area contributed by atoms with Crippen LogP contribution < -0.4 is 5.32 Å². The van der Waals surface area contributed by atoms with Gasteiger partial charge < -0.3 is 10.1 Å². The minimum absolute atomic E-state index is 0.249. The van der Waals surface area contributed by atoms with Gasteiger partial charge in [-0.25, -0.2) is 0 Å². The summed E-state index contributed by atoms with van der Waals surface area (Å²) in [5.74, 6) is 1.49. The number of hydrogen-bond acceptors (Lipinski definition) is 2. The molecule has 1 aromatic heterocycles. The molecule has 0 fully saturated rings. The van der Waals surface area contributed by atoms with E-state index in [0.29, 0.717) is 6.42 Å². The van der Waals surface area contributed by atoms with Crippen LogP contribution in [0.2, 0.25) is 0 Å². The summed E-state index contributed by atoms with van der Waals surface area (Å²) >= 11 is 0. The molecular weight excluding hydrogens is 228 g/mol. The highest BCUT2D eigenvalue weighted by Gasteiger charge is 2.18. The Labute approximate surface area is 105 Å². The number of aromatic nitrogens is 1. The summed E-state index contributed by atoms with van der Waals surface area (Å²) in [5.41, 5.74) is 1.98. The van der Waals surface area contributed by atoms with E-state index in [0.717, 1.165) is 16.5 Å². The molecule has 0 aliphatic rings. The molecule has 0 bridgehead atoms. The minimum atomic E-state index is -0.893. The fourth-order valence-electron chi connectivity index (χ4n) is 1.95. The van der Waals surface area contributed by atoms with Crippen molar-refractivity contribution in [2.45, 2.75) is 12.5 Å². The third-order valence-electron chi connectivity index (χ3n) is 2.85. The third kappa shape index (κ3) is 2.53. The molecule has 1 aromatic carbocycles. The number of hydrogen-bond donors (Lipinski definition) is 3. The molecule has 4 nitrogen and oxygen atoms in total. The first-order valence-electron chi connectivity index (χ1n) is 5.67. The number of para-hydroxylation sites is 1. The zero-order valence-electron chi connectivity index (χ0n) is 9.81. The van der Waals surface area contributed by atoms with E-state index in [1.807, 2.05) is 30.5 Å². The van der Waals surface area contributed by atoms with E-state index in [4.69, 9.17) is 11.5 Å². The molecule has 0 saturated heterocycles. The molecule has 0 radical (unpaired) electrons. The first-order valence-corrected chi connectivity index (χ1v) is 5.67. The van der Waals surface area contributed by atoms with E-state index < -0.39 is 12.0 Å². The summed E-state index contributed by atoms with van der Waals surface area (Å²) in [7, 11) is 0. The number of aromatic amines is 1. The van der Waals surface area contributed by atoms with Gasteiger partial charge in [0.1, 0.15) is 6.04 Å². The van der Waals surface area contributed by atoms with Crippen molar-refractivity contribution in [2.24, 2.45) is 0 Å². The van der Waals surface area contributed by atoms with Crippen molar-refractivity contribution in [1.29, 1.82) is 0 Å². The Kier molecular flexibility index (Phi) is 3.66. The fourth-order valence-corrected chi connectivity index (χ4v) is 1.95. The standard InChI is InChI=1S/C14H14N2O2/c1-2-7-15-13(14(17)18)8-10-9-16-12-6-4-3-5-11(10)12/h1,3-6,9,13,15-16H,7-8H2,(H,17,18)/t13-/m0/s1. The Bertz CT molecular complexity index is 595. The second-order valence-corrected chi connectivity index (χ2v) is 4.04. The van der Waals surface area contributed by atoms with Gasteiger partial charge in [-0.05, 0) is 11.6 Å². The van der Waals surface area contributed by atoms with Gasteiger partial charge in [-0.2, -0.15) is 0 Å². The van der Waals surface area contributed by atoms with Crippen molar-refractivity contribution in [3.63, 3.8) is 0 Å². The second-order valence-electron chi connectivity index (χ2n) is 4.04. The van der Waals surface area contributed by atoms with Gasteiger partial charge in [0.15, 0.2) is 0 Å². The van der Waals surface area contributed by atoms with Crippen LogP contribution in [0, 0.1) is 12.3 Å². The molecule has 1 heterocycles. The van der Waals surface area contributed by atoms with Gasteiger partial charge in [-0.1, -0.05) is 24.1 Å². The molecular formula is C14H14N2O2. The number of carboxylic acids is 1. The summed E-state index contributed by atoms with van der Waals surface area (Å²) in [4.78, 5) is 14.3. The Morgan fingerprint density at radius 1 is 1.50 bits per heavy atom. The molecule has 0 unspecified atom stereocenters. The molecule has 4 heteroatoms. The van der Waals surface area contributed by atoms with E-state index >= 15 is 0 Å². The number of terminal acetylenes is 1. The summed E-state index contributed by atoms with van der Waals surface area (Å²) in [6, 6.07) is 7.14. The van der Waals surface area contributed by atoms with Crippen LogP contribution in [-0.4, -0.2) is 28.6 Å². The number of carbonyl (C=O) groups is 1. The Balaban J connectivity index is 2.21. The van der Waals surface area contributed by atoms with Gasteiger partial charge in [0.25, 0.3) is 0 Å². The van der Waals surface area contributed by atoms with Gasteiger partial charge in [-0.3, -0.25) is 10.1 Å². The largest absolute Gasteiger partial charge is 0.480 e. The van der Waals surface area contributed by atoms with Crippen LogP contribution in [0.25, 0.3) is 10.9 Å². The summed E-state index contributed by atoms with van der Waals surface area (Å²) in [6.07, 6.45) is 7.38. The topological polar surface area (TPSA) is 65.1 Å². The van der Waals surface area contributed by atoms with E-state index in [1.165, 1.54) is 0 Å². The lowest BCUT2D eigenvalue weighted by Gasteiger charge is -2.11. The molecule has 0 aliphatic carbocycles. The smallest absolute Gasteiger partial charge is 0.321 e. The van der Waals surface area contributed by atoms with E-state index in [2.05, 4.69) is 16.2 Å². The lowest BCUT2D eigenvalue weighted by atomic mass is 10.1. The molecule has 18 heavy (non-hydrogen) atoms. The normalized spacial score (nSPS) is 12.2. The molecule has 0 amide bonds. The highest BCUT2D eigenvalue weighted by Crippen LogP contribution is 2.19. The summed E-state index contributed by atoms with van der Waals surface area (Å²) in [6.45, 7) is 0.249. The monoisotopic (exact) mass is 242 g/mol. The highest BCUT2D eigenvalue weighted by atomic mass is 16.4. The van der Waals surface area contributed by atoms with Gasteiger partial charge >= 0.3 is 5.97 Å². The molecule has 92 valence electrons. The van der Waals surface area contributed by atoms with E-state index in [1.54, 1.807) is 0 Å². The van der Waals surface area contributed by atoms with Crippen LogP contribution in [0.1, 0.15) is 5.56 Å². The van der Waals surface area contributed by atoms with E-state index in [-0.39, 0.29) is 6.54 Å².